The van der Waals surface area contributed by atoms with E-state index >= 15 is 0 Å². The molecule has 0 saturated heterocycles. The van der Waals surface area contributed by atoms with Crippen LogP contribution < -0.4 is 5.32 Å². The molecule has 0 bridgehead atoms. The number of hydrogen-bond donors (Lipinski definition) is 2. The van der Waals surface area contributed by atoms with Crippen molar-refractivity contribution in [2.24, 2.45) is 5.16 Å². The SMILES string of the molecule is O=C1Nc2ccc([N+](=O)[O-])cc2/C1=N/O. The van der Waals surface area contributed by atoms with E-state index in [2.05, 4.69) is 10.5 Å². The Bertz CT molecular complexity index is 495. The molecule has 0 aromatic heterocycles. The monoisotopic (exact) mass is 207 g/mol. The van der Waals surface area contributed by atoms with Crippen molar-refractivity contribution in [1.29, 1.82) is 0 Å². The van der Waals surface area contributed by atoms with Gasteiger partial charge in [0, 0.05) is 17.7 Å². The van der Waals surface area contributed by atoms with Crippen LogP contribution >= 0.6 is 0 Å². The average Bonchev–Trinajstić information content (AvgIpc) is 2.51. The van der Waals surface area contributed by atoms with Crippen molar-refractivity contribution in [3.8, 4) is 0 Å². The van der Waals surface area contributed by atoms with Crippen molar-refractivity contribution < 1.29 is 14.9 Å². The third-order valence-corrected chi connectivity index (χ3v) is 2.03. The summed E-state index contributed by atoms with van der Waals surface area (Å²) in [5.41, 5.74) is 0.259. The van der Waals surface area contributed by atoms with Gasteiger partial charge in [0.15, 0.2) is 5.71 Å². The van der Waals surface area contributed by atoms with Crippen LogP contribution in [-0.4, -0.2) is 21.7 Å². The fourth-order valence-electron chi connectivity index (χ4n) is 1.35. The summed E-state index contributed by atoms with van der Waals surface area (Å²) in [4.78, 5) is 21.1. The van der Waals surface area contributed by atoms with Gasteiger partial charge in [-0.1, -0.05) is 5.16 Å². The van der Waals surface area contributed by atoms with Crippen LogP contribution in [0, 0.1) is 10.1 Å². The van der Waals surface area contributed by atoms with Crippen molar-refractivity contribution in [2.75, 3.05) is 5.32 Å². The van der Waals surface area contributed by atoms with Gasteiger partial charge in [0.1, 0.15) is 0 Å². The Morgan fingerprint density at radius 3 is 2.80 bits per heavy atom. The van der Waals surface area contributed by atoms with Gasteiger partial charge in [0.2, 0.25) is 0 Å². The Balaban J connectivity index is 2.59. The van der Waals surface area contributed by atoms with Crippen molar-refractivity contribution in [3.05, 3.63) is 33.9 Å². The lowest BCUT2D eigenvalue weighted by Crippen LogP contribution is -2.13. The second kappa shape index (κ2) is 3.05. The largest absolute Gasteiger partial charge is 0.410 e. The molecule has 2 rings (SSSR count). The first kappa shape index (κ1) is 9.13. The van der Waals surface area contributed by atoms with Crippen LogP contribution in [0.25, 0.3) is 0 Å². The van der Waals surface area contributed by atoms with E-state index in [-0.39, 0.29) is 17.0 Å². The predicted octanol–water partition coefficient (Wildman–Crippen LogP) is 0.725. The topological polar surface area (TPSA) is 105 Å². The number of non-ortho nitro benzene ring substituents is 1. The molecule has 0 fully saturated rings. The van der Waals surface area contributed by atoms with Gasteiger partial charge in [0.05, 0.1) is 10.6 Å². The molecule has 7 nitrogen and oxygen atoms in total. The normalized spacial score (nSPS) is 16.3. The number of nitro benzene ring substituents is 1. The van der Waals surface area contributed by atoms with Crippen molar-refractivity contribution in [2.45, 2.75) is 0 Å². The van der Waals surface area contributed by atoms with Gasteiger partial charge in [-0.2, -0.15) is 0 Å². The smallest absolute Gasteiger partial charge is 0.278 e. The number of nitrogens with one attached hydrogen (secondary N) is 1. The van der Waals surface area contributed by atoms with E-state index < -0.39 is 10.8 Å². The molecule has 0 unspecified atom stereocenters. The molecule has 76 valence electrons. The summed E-state index contributed by atoms with van der Waals surface area (Å²) in [5, 5.41) is 24.2. The van der Waals surface area contributed by atoms with Crippen LogP contribution in [0.15, 0.2) is 23.4 Å². The van der Waals surface area contributed by atoms with Crippen LogP contribution in [0.4, 0.5) is 11.4 Å². The fourth-order valence-corrected chi connectivity index (χ4v) is 1.35. The number of hydrogen-bond acceptors (Lipinski definition) is 5. The number of oxime groups is 1. The number of carbonyl (C=O) groups excluding carboxylic acids is 1. The number of amides is 1. The van der Waals surface area contributed by atoms with E-state index in [0.717, 1.165) is 0 Å². The maximum absolute atomic E-state index is 11.2. The van der Waals surface area contributed by atoms with Crippen LogP contribution in [0.2, 0.25) is 0 Å². The second-order valence-corrected chi connectivity index (χ2v) is 2.89. The Morgan fingerprint density at radius 1 is 1.47 bits per heavy atom. The predicted molar refractivity (Wildman–Crippen MR) is 50.0 cm³/mol. The fraction of sp³-hybridized carbons (Fsp3) is 0. The summed E-state index contributed by atoms with van der Waals surface area (Å²) >= 11 is 0. The summed E-state index contributed by atoms with van der Waals surface area (Å²) in [6, 6.07) is 3.84. The Labute approximate surface area is 83.2 Å². The van der Waals surface area contributed by atoms with Gasteiger partial charge in [-0.15, -0.1) is 0 Å². The minimum atomic E-state index is -0.585. The van der Waals surface area contributed by atoms with Gasteiger partial charge in [-0.25, -0.2) is 0 Å². The molecule has 1 aromatic rings. The zero-order valence-electron chi connectivity index (χ0n) is 7.30. The summed E-state index contributed by atoms with van der Waals surface area (Å²) in [6.07, 6.45) is 0. The summed E-state index contributed by atoms with van der Waals surface area (Å²) in [5.74, 6) is -0.576. The zero-order valence-corrected chi connectivity index (χ0v) is 7.30. The molecule has 2 N–H and O–H groups in total. The number of benzene rings is 1. The lowest BCUT2D eigenvalue weighted by Gasteiger charge is -1.96. The van der Waals surface area contributed by atoms with Crippen LogP contribution in [0.1, 0.15) is 5.56 Å². The molecule has 0 radical (unpaired) electrons. The van der Waals surface area contributed by atoms with E-state index in [4.69, 9.17) is 5.21 Å². The second-order valence-electron chi connectivity index (χ2n) is 2.89. The molecule has 15 heavy (non-hydrogen) atoms. The molecule has 7 heteroatoms. The minimum Gasteiger partial charge on any atom is -0.410 e. The molecular weight excluding hydrogens is 202 g/mol. The van der Waals surface area contributed by atoms with Crippen LogP contribution in [-0.2, 0) is 4.79 Å². The maximum Gasteiger partial charge on any atom is 0.278 e. The highest BCUT2D eigenvalue weighted by Crippen LogP contribution is 2.27. The summed E-state index contributed by atoms with van der Waals surface area (Å²) in [6.45, 7) is 0. The van der Waals surface area contributed by atoms with E-state index in [1.807, 2.05) is 0 Å². The van der Waals surface area contributed by atoms with Gasteiger partial charge in [0.25, 0.3) is 11.6 Å². The summed E-state index contributed by atoms with van der Waals surface area (Å²) < 4.78 is 0. The molecule has 1 heterocycles. The van der Waals surface area contributed by atoms with E-state index in [1.165, 1.54) is 18.2 Å². The highest BCUT2D eigenvalue weighted by Gasteiger charge is 2.28. The molecule has 1 amide bonds. The van der Waals surface area contributed by atoms with E-state index in [0.29, 0.717) is 5.69 Å². The lowest BCUT2D eigenvalue weighted by molar-refractivity contribution is -0.384. The first-order chi connectivity index (χ1) is 7.13. The summed E-state index contributed by atoms with van der Waals surface area (Å²) in [7, 11) is 0. The van der Waals surface area contributed by atoms with Gasteiger partial charge in [-0.05, 0) is 6.07 Å². The number of nitrogens with zero attached hydrogens (tertiary/aromatic N) is 2. The van der Waals surface area contributed by atoms with Crippen molar-refractivity contribution in [1.82, 2.24) is 0 Å². The average molecular weight is 207 g/mol. The molecule has 1 aliphatic rings. The third kappa shape index (κ3) is 1.30. The van der Waals surface area contributed by atoms with E-state index in [1.54, 1.807) is 0 Å². The van der Waals surface area contributed by atoms with Gasteiger partial charge in [-0.3, -0.25) is 14.9 Å². The Morgan fingerprint density at radius 2 is 2.20 bits per heavy atom. The van der Waals surface area contributed by atoms with Gasteiger partial charge < -0.3 is 10.5 Å². The quantitative estimate of drug-likeness (QED) is 0.402. The van der Waals surface area contributed by atoms with Crippen molar-refractivity contribution in [3.63, 3.8) is 0 Å². The number of rotatable bonds is 1. The number of anilines is 1. The highest BCUT2D eigenvalue weighted by atomic mass is 16.6. The first-order valence-electron chi connectivity index (χ1n) is 3.95. The Kier molecular flexibility index (Phi) is 1.86. The standard InChI is InChI=1S/C8H5N3O4/c12-8-7(10-13)5-3-4(11(14)15)1-2-6(5)9-8/h1-3,13H,(H,9,10,12). The number of nitro groups is 1. The third-order valence-electron chi connectivity index (χ3n) is 2.03. The molecule has 1 aromatic carbocycles. The molecule has 1 aliphatic heterocycles. The molecule has 0 aliphatic carbocycles. The molecule has 0 saturated carbocycles. The van der Waals surface area contributed by atoms with Gasteiger partial charge >= 0.3 is 0 Å². The maximum atomic E-state index is 11.2. The van der Waals surface area contributed by atoms with Crippen molar-refractivity contribution >= 4 is 23.0 Å². The number of fused-ring (bicyclic) bond motifs is 1. The zero-order chi connectivity index (χ0) is 11.0. The van der Waals surface area contributed by atoms with E-state index in [9.17, 15) is 14.9 Å². The highest BCUT2D eigenvalue weighted by molar-refractivity contribution is 6.53. The molecule has 0 spiro atoms. The lowest BCUT2D eigenvalue weighted by atomic mass is 10.1. The van der Waals surface area contributed by atoms with Crippen LogP contribution in [0.3, 0.4) is 0 Å². The molecular formula is C8H5N3O4. The Hall–Kier alpha value is -2.44. The number of carbonyl (C=O) groups is 1. The molecule has 0 atom stereocenters. The van der Waals surface area contributed by atoms with Crippen LogP contribution in [0.5, 0.6) is 0 Å². The first-order valence-corrected chi connectivity index (χ1v) is 3.95. The minimum absolute atomic E-state index is 0.161.